The Kier molecular flexibility index (Phi) is 9.49. The number of carbonyl (C=O) groups excluding carboxylic acids is 1. The number of esters is 1. The molecule has 0 aliphatic heterocycles. The van der Waals surface area contributed by atoms with E-state index in [0.717, 1.165) is 11.1 Å². The monoisotopic (exact) mass is 464 g/mol. The van der Waals surface area contributed by atoms with Crippen LogP contribution in [-0.2, 0) is 27.3 Å². The first-order valence-corrected chi connectivity index (χ1v) is 11.0. The van der Waals surface area contributed by atoms with Gasteiger partial charge in [-0.15, -0.1) is 0 Å². The van der Waals surface area contributed by atoms with Crippen LogP contribution in [0.15, 0.2) is 78.9 Å². The molecule has 1 atom stereocenters. The molecule has 0 aliphatic carbocycles. The molecule has 0 heterocycles. The average Bonchev–Trinajstić information content (AvgIpc) is 2.87. The summed E-state index contributed by atoms with van der Waals surface area (Å²) in [7, 11) is 1.38. The van der Waals surface area contributed by atoms with E-state index >= 15 is 0 Å². The Labute approximate surface area is 198 Å². The summed E-state index contributed by atoms with van der Waals surface area (Å²) in [4.78, 5) is 23.2. The van der Waals surface area contributed by atoms with Gasteiger partial charge in [-0.3, -0.25) is 0 Å². The van der Waals surface area contributed by atoms with Crippen molar-refractivity contribution in [2.24, 2.45) is 0 Å². The molecule has 1 N–H and O–H groups in total. The highest BCUT2D eigenvalue weighted by molar-refractivity contribution is 5.89. The van der Waals surface area contributed by atoms with Crippen LogP contribution >= 0.6 is 0 Å². The van der Waals surface area contributed by atoms with Crippen LogP contribution < -0.4 is 9.47 Å². The molecule has 0 aliphatic rings. The highest BCUT2D eigenvalue weighted by Crippen LogP contribution is 2.16. The van der Waals surface area contributed by atoms with E-state index in [1.54, 1.807) is 36.4 Å². The fourth-order valence-electron chi connectivity index (χ4n) is 3.14. The summed E-state index contributed by atoms with van der Waals surface area (Å²) < 4.78 is 21.7. The van der Waals surface area contributed by atoms with Gasteiger partial charge < -0.3 is 24.1 Å². The van der Waals surface area contributed by atoms with E-state index in [0.29, 0.717) is 43.1 Å². The molecule has 3 aromatic carbocycles. The van der Waals surface area contributed by atoms with Gasteiger partial charge in [0.1, 0.15) is 18.1 Å². The van der Waals surface area contributed by atoms with Gasteiger partial charge in [0.05, 0.1) is 18.8 Å². The number of hydrogen-bond donors (Lipinski definition) is 1. The predicted molar refractivity (Wildman–Crippen MR) is 126 cm³/mol. The second kappa shape index (κ2) is 13.0. The third-order valence-corrected chi connectivity index (χ3v) is 5.03. The molecule has 0 bridgehead atoms. The third kappa shape index (κ3) is 7.94. The largest absolute Gasteiger partial charge is 0.493 e. The van der Waals surface area contributed by atoms with Gasteiger partial charge in [-0.25, -0.2) is 9.59 Å². The molecule has 34 heavy (non-hydrogen) atoms. The van der Waals surface area contributed by atoms with E-state index in [9.17, 15) is 9.59 Å². The standard InChI is InChI=1S/C27H28O7/c1-31-25(26(28)29)18-20-8-12-23(13-9-20)32-16-5-17-33-24-14-10-22(11-15-24)27(30)34-19-21-6-3-2-4-7-21/h2-4,6-15,25H,5,16-19H2,1H3,(H,28,29). The number of benzene rings is 3. The molecule has 3 aromatic rings. The van der Waals surface area contributed by atoms with Gasteiger partial charge in [-0.1, -0.05) is 42.5 Å². The van der Waals surface area contributed by atoms with Crippen LogP contribution in [0.1, 0.15) is 27.9 Å². The number of carbonyl (C=O) groups is 2. The van der Waals surface area contributed by atoms with Crippen molar-refractivity contribution in [1.82, 2.24) is 0 Å². The number of methoxy groups -OCH3 is 1. The lowest BCUT2D eigenvalue weighted by Gasteiger charge is -2.11. The van der Waals surface area contributed by atoms with Gasteiger partial charge in [-0.2, -0.15) is 0 Å². The highest BCUT2D eigenvalue weighted by Gasteiger charge is 2.16. The number of hydrogen-bond acceptors (Lipinski definition) is 6. The van der Waals surface area contributed by atoms with Crippen molar-refractivity contribution in [1.29, 1.82) is 0 Å². The van der Waals surface area contributed by atoms with Crippen molar-refractivity contribution in [3.05, 3.63) is 95.6 Å². The van der Waals surface area contributed by atoms with Crippen LogP contribution in [0.5, 0.6) is 11.5 Å². The van der Waals surface area contributed by atoms with Crippen LogP contribution in [0.2, 0.25) is 0 Å². The first kappa shape index (κ1) is 24.8. The zero-order chi connectivity index (χ0) is 24.2. The Morgan fingerprint density at radius 1 is 0.794 bits per heavy atom. The molecule has 0 fully saturated rings. The molecular formula is C27H28O7. The van der Waals surface area contributed by atoms with Crippen molar-refractivity contribution >= 4 is 11.9 Å². The van der Waals surface area contributed by atoms with Crippen LogP contribution in [0, 0.1) is 0 Å². The molecule has 1 unspecified atom stereocenters. The minimum Gasteiger partial charge on any atom is -0.493 e. The lowest BCUT2D eigenvalue weighted by Crippen LogP contribution is -2.24. The van der Waals surface area contributed by atoms with E-state index in [1.165, 1.54) is 7.11 Å². The van der Waals surface area contributed by atoms with Crippen molar-refractivity contribution in [3.63, 3.8) is 0 Å². The van der Waals surface area contributed by atoms with Crippen LogP contribution in [0.3, 0.4) is 0 Å². The van der Waals surface area contributed by atoms with Gasteiger partial charge in [0.25, 0.3) is 0 Å². The molecule has 0 saturated carbocycles. The average molecular weight is 465 g/mol. The van der Waals surface area contributed by atoms with Crippen molar-refractivity contribution < 1.29 is 33.6 Å². The van der Waals surface area contributed by atoms with Crippen molar-refractivity contribution in [2.75, 3.05) is 20.3 Å². The molecule has 0 amide bonds. The van der Waals surface area contributed by atoms with Gasteiger partial charge in [-0.05, 0) is 47.5 Å². The normalized spacial score (nSPS) is 11.4. The summed E-state index contributed by atoms with van der Waals surface area (Å²) in [6, 6.07) is 23.6. The summed E-state index contributed by atoms with van der Waals surface area (Å²) in [5, 5.41) is 9.05. The molecule has 0 spiro atoms. The fraction of sp³-hybridized carbons (Fsp3) is 0.259. The van der Waals surface area contributed by atoms with Crippen LogP contribution in [0.4, 0.5) is 0 Å². The minimum absolute atomic E-state index is 0.233. The maximum absolute atomic E-state index is 12.2. The number of rotatable bonds is 13. The fourth-order valence-corrected chi connectivity index (χ4v) is 3.14. The van der Waals surface area contributed by atoms with E-state index in [1.807, 2.05) is 42.5 Å². The summed E-state index contributed by atoms with van der Waals surface area (Å²) >= 11 is 0. The highest BCUT2D eigenvalue weighted by atomic mass is 16.5. The van der Waals surface area contributed by atoms with E-state index in [2.05, 4.69) is 0 Å². The smallest absolute Gasteiger partial charge is 0.338 e. The Bertz CT molecular complexity index is 1030. The second-order valence-corrected chi connectivity index (χ2v) is 7.55. The summed E-state index contributed by atoms with van der Waals surface area (Å²) in [6.45, 7) is 1.17. The first-order chi connectivity index (χ1) is 16.5. The maximum atomic E-state index is 12.2. The zero-order valence-electron chi connectivity index (χ0n) is 19.0. The van der Waals surface area contributed by atoms with Gasteiger partial charge in [0.2, 0.25) is 0 Å². The summed E-state index contributed by atoms with van der Waals surface area (Å²) in [6.07, 6.45) is 0.106. The van der Waals surface area contributed by atoms with Gasteiger partial charge >= 0.3 is 11.9 Å². The third-order valence-electron chi connectivity index (χ3n) is 5.03. The SMILES string of the molecule is COC(Cc1ccc(OCCCOc2ccc(C(=O)OCc3ccccc3)cc2)cc1)C(=O)O. The lowest BCUT2D eigenvalue weighted by atomic mass is 10.1. The molecule has 0 saturated heterocycles. The van der Waals surface area contributed by atoms with Gasteiger partial charge in [0, 0.05) is 20.0 Å². The van der Waals surface area contributed by atoms with Crippen molar-refractivity contribution in [2.45, 2.75) is 25.6 Å². The topological polar surface area (TPSA) is 91.3 Å². The first-order valence-electron chi connectivity index (χ1n) is 11.0. The van der Waals surface area contributed by atoms with Crippen LogP contribution in [-0.4, -0.2) is 43.5 Å². The molecule has 7 nitrogen and oxygen atoms in total. The number of ether oxygens (including phenoxy) is 4. The van der Waals surface area contributed by atoms with E-state index in [4.69, 9.17) is 24.1 Å². The molecule has 178 valence electrons. The van der Waals surface area contributed by atoms with E-state index in [-0.39, 0.29) is 12.6 Å². The zero-order valence-corrected chi connectivity index (χ0v) is 19.0. The Morgan fingerprint density at radius 3 is 1.94 bits per heavy atom. The number of aliphatic carboxylic acids is 1. The Balaban J connectivity index is 1.34. The number of carboxylic acid groups (broad SMARTS) is 1. The Morgan fingerprint density at radius 2 is 1.38 bits per heavy atom. The molecule has 7 heteroatoms. The molecule has 0 radical (unpaired) electrons. The molecule has 0 aromatic heterocycles. The lowest BCUT2D eigenvalue weighted by molar-refractivity contribution is -0.148. The molecular weight excluding hydrogens is 436 g/mol. The van der Waals surface area contributed by atoms with Crippen molar-refractivity contribution in [3.8, 4) is 11.5 Å². The second-order valence-electron chi connectivity index (χ2n) is 7.55. The van der Waals surface area contributed by atoms with Crippen LogP contribution in [0.25, 0.3) is 0 Å². The predicted octanol–water partition coefficient (Wildman–Crippen LogP) is 4.53. The summed E-state index contributed by atoms with van der Waals surface area (Å²) in [5.74, 6) is -0.00233. The quantitative estimate of drug-likeness (QED) is 0.293. The molecule has 3 rings (SSSR count). The Hall–Kier alpha value is -3.84. The van der Waals surface area contributed by atoms with Gasteiger partial charge in [0.15, 0.2) is 6.10 Å². The van der Waals surface area contributed by atoms with E-state index < -0.39 is 12.1 Å². The summed E-state index contributed by atoms with van der Waals surface area (Å²) in [5.41, 5.74) is 2.26. The minimum atomic E-state index is -0.986. The maximum Gasteiger partial charge on any atom is 0.338 e. The number of carboxylic acids is 1.